The molecule has 0 saturated heterocycles. The van der Waals surface area contributed by atoms with Gasteiger partial charge in [-0.2, -0.15) is 0 Å². The fourth-order valence-corrected chi connectivity index (χ4v) is 5.70. The van der Waals surface area contributed by atoms with E-state index in [0.717, 1.165) is 25.7 Å². The molecule has 0 unspecified atom stereocenters. The summed E-state index contributed by atoms with van der Waals surface area (Å²) in [5.41, 5.74) is 0. The molecule has 5 nitrogen and oxygen atoms in total. The van der Waals surface area contributed by atoms with Crippen molar-refractivity contribution in [3.05, 3.63) is 24.3 Å². The first kappa shape index (κ1) is 44.1. The highest BCUT2D eigenvalue weighted by molar-refractivity contribution is 6.36. The summed E-state index contributed by atoms with van der Waals surface area (Å²) in [4.78, 5) is 36.2. The number of ketones is 1. The molecule has 0 aliphatic rings. The molecule has 0 saturated carbocycles. The van der Waals surface area contributed by atoms with Gasteiger partial charge in [0.15, 0.2) is 0 Å². The third-order valence-corrected chi connectivity index (χ3v) is 8.82. The molecular formula is C41H76N2O3. The zero-order valence-corrected chi connectivity index (χ0v) is 30.7. The van der Waals surface area contributed by atoms with Crippen LogP contribution >= 0.6 is 0 Å². The summed E-state index contributed by atoms with van der Waals surface area (Å²) in [5, 5.41) is 5.62. The van der Waals surface area contributed by atoms with E-state index in [9.17, 15) is 14.4 Å². The summed E-state index contributed by atoms with van der Waals surface area (Å²) in [6, 6.07) is 0. The average Bonchev–Trinajstić information content (AvgIpc) is 3.06. The lowest BCUT2D eigenvalue weighted by molar-refractivity contribution is -0.138. The van der Waals surface area contributed by atoms with Crippen molar-refractivity contribution >= 4 is 17.6 Å². The summed E-state index contributed by atoms with van der Waals surface area (Å²) in [6.07, 6.45) is 44.7. The number of carbonyl (C=O) groups is 3. The van der Waals surface area contributed by atoms with Crippen molar-refractivity contribution in [1.82, 2.24) is 10.6 Å². The minimum Gasteiger partial charge on any atom is -0.356 e. The minimum absolute atomic E-state index is 0.0154. The van der Waals surface area contributed by atoms with Gasteiger partial charge in [-0.25, -0.2) is 0 Å². The van der Waals surface area contributed by atoms with Crippen LogP contribution in [0.2, 0.25) is 0 Å². The molecule has 0 aliphatic carbocycles. The van der Waals surface area contributed by atoms with Crippen molar-refractivity contribution in [2.24, 2.45) is 0 Å². The maximum atomic E-state index is 12.1. The van der Waals surface area contributed by atoms with Crippen molar-refractivity contribution in [3.63, 3.8) is 0 Å². The fraction of sp³-hybridized carbons (Fsp3) is 0.829. The molecular weight excluding hydrogens is 568 g/mol. The maximum Gasteiger partial charge on any atom is 0.287 e. The van der Waals surface area contributed by atoms with Crippen LogP contribution in [0.3, 0.4) is 0 Å². The molecule has 0 bridgehead atoms. The number of amides is 2. The highest BCUT2D eigenvalue weighted by Crippen LogP contribution is 2.11. The molecule has 268 valence electrons. The second-order valence-electron chi connectivity index (χ2n) is 13.4. The number of nitrogens with one attached hydrogen (secondary N) is 2. The van der Waals surface area contributed by atoms with E-state index < -0.39 is 11.7 Å². The number of rotatable bonds is 36. The SMILES string of the molecule is CCCCCCCC/C=C\CCCCCCCCNC(=O)CCC(=O)C(=O)NCCCCCCCC/C=C\CCCCCCCC. The van der Waals surface area contributed by atoms with E-state index >= 15 is 0 Å². The summed E-state index contributed by atoms with van der Waals surface area (Å²) in [6.45, 7) is 5.71. The second-order valence-corrected chi connectivity index (χ2v) is 13.4. The second kappa shape index (κ2) is 37.5. The summed E-state index contributed by atoms with van der Waals surface area (Å²) in [7, 11) is 0. The van der Waals surface area contributed by atoms with Crippen LogP contribution in [0, 0.1) is 0 Å². The van der Waals surface area contributed by atoms with Crippen LogP contribution in [0.25, 0.3) is 0 Å². The molecule has 0 spiro atoms. The minimum atomic E-state index is -0.547. The highest BCUT2D eigenvalue weighted by atomic mass is 16.2. The molecule has 0 aromatic carbocycles. The fourth-order valence-electron chi connectivity index (χ4n) is 5.70. The number of hydrogen-bond acceptors (Lipinski definition) is 3. The quantitative estimate of drug-likeness (QED) is 0.0405. The van der Waals surface area contributed by atoms with E-state index in [-0.39, 0.29) is 18.7 Å². The predicted octanol–water partition coefficient (Wildman–Crippen LogP) is 11.6. The van der Waals surface area contributed by atoms with E-state index in [0.29, 0.717) is 13.1 Å². The molecule has 2 amide bonds. The number of unbranched alkanes of at least 4 members (excludes halogenated alkanes) is 24. The Bertz CT molecular complexity index is 746. The van der Waals surface area contributed by atoms with E-state index in [1.807, 2.05) is 0 Å². The Morgan fingerprint density at radius 3 is 1.11 bits per heavy atom. The Labute approximate surface area is 286 Å². The topological polar surface area (TPSA) is 75.3 Å². The van der Waals surface area contributed by atoms with Crippen molar-refractivity contribution < 1.29 is 14.4 Å². The lowest BCUT2D eigenvalue weighted by Gasteiger charge is -2.06. The van der Waals surface area contributed by atoms with Gasteiger partial charge in [-0.1, -0.05) is 154 Å². The number of carbonyl (C=O) groups excluding carboxylic acids is 3. The normalized spacial score (nSPS) is 11.5. The number of Topliss-reactive ketones (excluding diaryl/α,β-unsaturated/α-hetero) is 1. The third kappa shape index (κ3) is 35.0. The number of hydrogen-bond donors (Lipinski definition) is 2. The van der Waals surface area contributed by atoms with E-state index in [1.165, 1.54) is 154 Å². The third-order valence-electron chi connectivity index (χ3n) is 8.82. The van der Waals surface area contributed by atoms with Gasteiger partial charge in [-0.05, 0) is 64.2 Å². The zero-order chi connectivity index (χ0) is 33.6. The van der Waals surface area contributed by atoms with Gasteiger partial charge in [0.25, 0.3) is 5.91 Å². The van der Waals surface area contributed by atoms with E-state index in [4.69, 9.17) is 0 Å². The Morgan fingerprint density at radius 1 is 0.391 bits per heavy atom. The van der Waals surface area contributed by atoms with Crippen LogP contribution in [0.4, 0.5) is 0 Å². The lowest BCUT2D eigenvalue weighted by Crippen LogP contribution is -2.33. The molecule has 0 rings (SSSR count). The molecule has 46 heavy (non-hydrogen) atoms. The van der Waals surface area contributed by atoms with Crippen LogP contribution in [0.5, 0.6) is 0 Å². The first-order valence-corrected chi connectivity index (χ1v) is 20.0. The van der Waals surface area contributed by atoms with Gasteiger partial charge in [0.1, 0.15) is 0 Å². The Kier molecular flexibility index (Phi) is 36.0. The lowest BCUT2D eigenvalue weighted by atomic mass is 10.1. The average molecular weight is 645 g/mol. The van der Waals surface area contributed by atoms with E-state index in [2.05, 4.69) is 48.8 Å². The van der Waals surface area contributed by atoms with Gasteiger partial charge < -0.3 is 10.6 Å². The molecule has 2 N–H and O–H groups in total. The largest absolute Gasteiger partial charge is 0.356 e. The summed E-state index contributed by atoms with van der Waals surface area (Å²) < 4.78 is 0. The van der Waals surface area contributed by atoms with Gasteiger partial charge >= 0.3 is 0 Å². The Morgan fingerprint density at radius 2 is 0.717 bits per heavy atom. The van der Waals surface area contributed by atoms with Crippen LogP contribution in [0.15, 0.2) is 24.3 Å². The Balaban J connectivity index is 3.45. The number of allylic oxidation sites excluding steroid dienone is 4. The van der Waals surface area contributed by atoms with Crippen LogP contribution in [-0.2, 0) is 14.4 Å². The van der Waals surface area contributed by atoms with Crippen LogP contribution in [0.1, 0.15) is 206 Å². The molecule has 0 aliphatic heterocycles. The van der Waals surface area contributed by atoms with Gasteiger partial charge in [0.05, 0.1) is 0 Å². The molecule has 5 heteroatoms. The summed E-state index contributed by atoms with van der Waals surface area (Å²) in [5.74, 6) is -1.17. The standard InChI is InChI=1S/C41H76N2O3/c1-3-5-7-9-11-13-15-17-19-21-23-25-27-29-31-33-37-42-40(45)36-35-39(44)41(46)43-38-34-32-30-28-26-24-22-20-18-16-14-12-10-8-6-4-2/h17-20H,3-16,21-38H2,1-2H3,(H,42,45)(H,43,46)/b19-17-,20-18-. The smallest absolute Gasteiger partial charge is 0.287 e. The van der Waals surface area contributed by atoms with Gasteiger partial charge in [-0.3, -0.25) is 14.4 Å². The van der Waals surface area contributed by atoms with Crippen molar-refractivity contribution in [3.8, 4) is 0 Å². The zero-order valence-electron chi connectivity index (χ0n) is 30.7. The summed E-state index contributed by atoms with van der Waals surface area (Å²) >= 11 is 0. The first-order chi connectivity index (χ1) is 22.6. The Hall–Kier alpha value is -1.91. The first-order valence-electron chi connectivity index (χ1n) is 20.0. The van der Waals surface area contributed by atoms with Crippen molar-refractivity contribution in [2.75, 3.05) is 13.1 Å². The molecule has 0 aromatic rings. The van der Waals surface area contributed by atoms with E-state index in [1.54, 1.807) is 0 Å². The molecule has 0 heterocycles. The predicted molar refractivity (Wildman–Crippen MR) is 199 cm³/mol. The molecule has 0 aromatic heterocycles. The van der Waals surface area contributed by atoms with Gasteiger partial charge in [0.2, 0.25) is 11.7 Å². The maximum absolute atomic E-state index is 12.1. The van der Waals surface area contributed by atoms with Gasteiger partial charge in [0, 0.05) is 25.9 Å². The van der Waals surface area contributed by atoms with Gasteiger partial charge in [-0.15, -0.1) is 0 Å². The monoisotopic (exact) mass is 645 g/mol. The van der Waals surface area contributed by atoms with Crippen LogP contribution in [-0.4, -0.2) is 30.7 Å². The molecule has 0 radical (unpaired) electrons. The molecule has 0 fully saturated rings. The van der Waals surface area contributed by atoms with Crippen LogP contribution < -0.4 is 10.6 Å². The van der Waals surface area contributed by atoms with Crippen molar-refractivity contribution in [1.29, 1.82) is 0 Å². The molecule has 0 atom stereocenters. The highest BCUT2D eigenvalue weighted by Gasteiger charge is 2.14. The van der Waals surface area contributed by atoms with Crippen molar-refractivity contribution in [2.45, 2.75) is 206 Å².